The van der Waals surface area contributed by atoms with Crippen molar-refractivity contribution < 1.29 is 14.0 Å². The molecule has 0 saturated carbocycles. The molecule has 0 radical (unpaired) electrons. The number of likely N-dealkylation sites (tertiary alicyclic amines) is 1. The average molecular weight is 207 g/mol. The molecule has 0 spiro atoms. The maximum absolute atomic E-state index is 11.9. The summed E-state index contributed by atoms with van der Waals surface area (Å²) in [5.74, 6) is 0.924. The zero-order valence-electron chi connectivity index (χ0n) is 8.66. The van der Waals surface area contributed by atoms with E-state index in [1.807, 2.05) is 0 Å². The Morgan fingerprint density at radius 1 is 1.40 bits per heavy atom. The maximum Gasteiger partial charge on any atom is 0.257 e. The van der Waals surface area contributed by atoms with Crippen molar-refractivity contribution in [1.82, 2.24) is 4.90 Å². The summed E-state index contributed by atoms with van der Waals surface area (Å²) in [5.41, 5.74) is 0.571. The van der Waals surface area contributed by atoms with Crippen molar-refractivity contribution in [3.8, 4) is 0 Å². The molecule has 0 bridgehead atoms. The van der Waals surface area contributed by atoms with Crippen LogP contribution < -0.4 is 0 Å². The van der Waals surface area contributed by atoms with Gasteiger partial charge < -0.3 is 9.32 Å². The Bertz CT molecular complexity index is 384. The van der Waals surface area contributed by atoms with Gasteiger partial charge in [-0.15, -0.1) is 0 Å². The molecule has 1 aromatic rings. The van der Waals surface area contributed by atoms with Crippen molar-refractivity contribution in [3.05, 3.63) is 23.7 Å². The number of carbonyl (C=O) groups excluding carboxylic acids is 2. The third-order valence-corrected chi connectivity index (χ3v) is 2.59. The zero-order chi connectivity index (χ0) is 10.8. The minimum atomic E-state index is -0.0423. The molecule has 1 saturated heterocycles. The van der Waals surface area contributed by atoms with Gasteiger partial charge in [0, 0.05) is 25.9 Å². The summed E-state index contributed by atoms with van der Waals surface area (Å²) in [7, 11) is 0. The van der Waals surface area contributed by atoms with Gasteiger partial charge in [0.25, 0.3) is 5.91 Å². The molecule has 0 aromatic carbocycles. The van der Waals surface area contributed by atoms with E-state index in [0.29, 0.717) is 31.5 Å². The van der Waals surface area contributed by atoms with Crippen LogP contribution >= 0.6 is 0 Å². The lowest BCUT2D eigenvalue weighted by Crippen LogP contribution is -2.38. The van der Waals surface area contributed by atoms with Gasteiger partial charge in [-0.05, 0) is 13.0 Å². The number of amides is 1. The standard InChI is InChI=1S/C11H13NO3/c1-8-6-9(7-15-8)11(14)12-4-2-10(13)3-5-12/h6-7H,2-5H2,1H3. The van der Waals surface area contributed by atoms with Crippen molar-refractivity contribution in [1.29, 1.82) is 0 Å². The fraction of sp³-hybridized carbons (Fsp3) is 0.455. The Labute approximate surface area is 87.9 Å². The van der Waals surface area contributed by atoms with E-state index in [4.69, 9.17) is 4.42 Å². The molecule has 0 atom stereocenters. The molecule has 1 aliphatic rings. The molecule has 2 rings (SSSR count). The highest BCUT2D eigenvalue weighted by atomic mass is 16.3. The molecule has 1 aromatic heterocycles. The first-order valence-corrected chi connectivity index (χ1v) is 5.03. The van der Waals surface area contributed by atoms with Crippen LogP contribution in [0.1, 0.15) is 29.0 Å². The predicted molar refractivity (Wildman–Crippen MR) is 53.6 cm³/mol. The van der Waals surface area contributed by atoms with Crippen molar-refractivity contribution in [2.45, 2.75) is 19.8 Å². The molecule has 4 nitrogen and oxygen atoms in total. The van der Waals surface area contributed by atoms with Crippen molar-refractivity contribution in [3.63, 3.8) is 0 Å². The minimum absolute atomic E-state index is 0.0423. The Hall–Kier alpha value is -1.58. The summed E-state index contributed by atoms with van der Waals surface area (Å²) in [6.45, 7) is 2.86. The van der Waals surface area contributed by atoms with Crippen molar-refractivity contribution in [2.24, 2.45) is 0 Å². The topological polar surface area (TPSA) is 50.5 Å². The van der Waals surface area contributed by atoms with E-state index in [1.165, 1.54) is 6.26 Å². The smallest absolute Gasteiger partial charge is 0.257 e. The quantitative estimate of drug-likeness (QED) is 0.699. The highest BCUT2D eigenvalue weighted by Gasteiger charge is 2.22. The van der Waals surface area contributed by atoms with Crippen LogP contribution in [-0.2, 0) is 4.79 Å². The van der Waals surface area contributed by atoms with Gasteiger partial charge in [0.1, 0.15) is 17.8 Å². The average Bonchev–Trinajstić information content (AvgIpc) is 2.65. The number of rotatable bonds is 1. The Kier molecular flexibility index (Phi) is 2.58. The molecule has 1 fully saturated rings. The van der Waals surface area contributed by atoms with Gasteiger partial charge in [0.05, 0.1) is 5.56 Å². The Morgan fingerprint density at radius 2 is 2.07 bits per heavy atom. The lowest BCUT2D eigenvalue weighted by molar-refractivity contribution is -0.120. The zero-order valence-corrected chi connectivity index (χ0v) is 8.66. The van der Waals surface area contributed by atoms with Crippen LogP contribution in [-0.4, -0.2) is 29.7 Å². The van der Waals surface area contributed by atoms with Crippen LogP contribution in [0.4, 0.5) is 0 Å². The normalized spacial score (nSPS) is 16.9. The fourth-order valence-corrected chi connectivity index (χ4v) is 1.70. The second kappa shape index (κ2) is 3.88. The van der Waals surface area contributed by atoms with E-state index in [1.54, 1.807) is 17.9 Å². The van der Waals surface area contributed by atoms with Gasteiger partial charge >= 0.3 is 0 Å². The summed E-state index contributed by atoms with van der Waals surface area (Å²) in [4.78, 5) is 24.6. The second-order valence-electron chi connectivity index (χ2n) is 3.78. The van der Waals surface area contributed by atoms with Crippen LogP contribution in [0.15, 0.2) is 16.7 Å². The van der Waals surface area contributed by atoms with Gasteiger partial charge in [-0.25, -0.2) is 0 Å². The van der Waals surface area contributed by atoms with Crippen LogP contribution in [0, 0.1) is 6.92 Å². The summed E-state index contributed by atoms with van der Waals surface area (Å²) >= 11 is 0. The summed E-state index contributed by atoms with van der Waals surface area (Å²) in [5, 5.41) is 0. The monoisotopic (exact) mass is 207 g/mol. The minimum Gasteiger partial charge on any atom is -0.469 e. The highest BCUT2D eigenvalue weighted by Crippen LogP contribution is 2.13. The van der Waals surface area contributed by atoms with E-state index in [9.17, 15) is 9.59 Å². The number of Topliss-reactive ketones (excluding diaryl/α,β-unsaturated/α-hetero) is 1. The van der Waals surface area contributed by atoms with Crippen LogP contribution in [0.3, 0.4) is 0 Å². The lowest BCUT2D eigenvalue weighted by Gasteiger charge is -2.25. The first kappa shape index (κ1) is 9.96. The molecule has 15 heavy (non-hydrogen) atoms. The third-order valence-electron chi connectivity index (χ3n) is 2.59. The molecule has 1 amide bonds. The highest BCUT2D eigenvalue weighted by molar-refractivity contribution is 5.95. The van der Waals surface area contributed by atoms with Crippen LogP contribution in [0.25, 0.3) is 0 Å². The van der Waals surface area contributed by atoms with E-state index < -0.39 is 0 Å². The fourth-order valence-electron chi connectivity index (χ4n) is 1.70. The molecule has 80 valence electrons. The first-order chi connectivity index (χ1) is 7.16. The van der Waals surface area contributed by atoms with E-state index >= 15 is 0 Å². The number of piperidine rings is 1. The van der Waals surface area contributed by atoms with E-state index in [-0.39, 0.29) is 11.7 Å². The molecule has 1 aliphatic heterocycles. The Morgan fingerprint density at radius 3 is 2.60 bits per heavy atom. The molecule has 0 N–H and O–H groups in total. The first-order valence-electron chi connectivity index (χ1n) is 5.03. The summed E-state index contributed by atoms with van der Waals surface area (Å²) < 4.78 is 5.08. The van der Waals surface area contributed by atoms with Crippen molar-refractivity contribution in [2.75, 3.05) is 13.1 Å². The van der Waals surface area contributed by atoms with E-state index in [2.05, 4.69) is 0 Å². The SMILES string of the molecule is Cc1cc(C(=O)N2CCC(=O)CC2)co1. The maximum atomic E-state index is 11.9. The van der Waals surface area contributed by atoms with Gasteiger partial charge in [-0.1, -0.05) is 0 Å². The molecule has 4 heteroatoms. The Balaban J connectivity index is 2.05. The van der Waals surface area contributed by atoms with Crippen LogP contribution in [0.5, 0.6) is 0 Å². The number of carbonyl (C=O) groups is 2. The summed E-state index contributed by atoms with van der Waals surface area (Å²) in [6, 6.07) is 1.72. The van der Waals surface area contributed by atoms with E-state index in [0.717, 1.165) is 5.76 Å². The molecule has 0 aliphatic carbocycles. The van der Waals surface area contributed by atoms with Gasteiger partial charge in [0.15, 0.2) is 0 Å². The number of furan rings is 1. The lowest BCUT2D eigenvalue weighted by atomic mass is 10.1. The predicted octanol–water partition coefficient (Wildman–Crippen LogP) is 1.39. The third kappa shape index (κ3) is 2.09. The number of ketones is 1. The van der Waals surface area contributed by atoms with Gasteiger partial charge in [-0.2, -0.15) is 0 Å². The molecule has 2 heterocycles. The summed E-state index contributed by atoms with van der Waals surface area (Å²) in [6.07, 6.45) is 2.42. The molecular formula is C11H13NO3. The van der Waals surface area contributed by atoms with Gasteiger partial charge in [-0.3, -0.25) is 9.59 Å². The molecular weight excluding hydrogens is 194 g/mol. The second-order valence-corrected chi connectivity index (χ2v) is 3.78. The van der Waals surface area contributed by atoms with Crippen molar-refractivity contribution >= 4 is 11.7 Å². The number of aryl methyl sites for hydroxylation is 1. The number of hydrogen-bond donors (Lipinski definition) is 0. The largest absolute Gasteiger partial charge is 0.469 e. The number of hydrogen-bond acceptors (Lipinski definition) is 3. The number of nitrogens with zero attached hydrogens (tertiary/aromatic N) is 1. The molecule has 0 unspecified atom stereocenters. The van der Waals surface area contributed by atoms with Gasteiger partial charge in [0.2, 0.25) is 0 Å². The van der Waals surface area contributed by atoms with Crippen LogP contribution in [0.2, 0.25) is 0 Å².